The van der Waals surface area contributed by atoms with Crippen molar-refractivity contribution in [1.82, 2.24) is 15.1 Å². The number of rotatable bonds is 5. The summed E-state index contributed by atoms with van der Waals surface area (Å²) in [5.41, 5.74) is 1.13. The molecule has 6 heteroatoms. The van der Waals surface area contributed by atoms with E-state index in [1.165, 1.54) is 0 Å². The summed E-state index contributed by atoms with van der Waals surface area (Å²) in [4.78, 5) is 11.7. The Labute approximate surface area is 124 Å². The van der Waals surface area contributed by atoms with E-state index in [0.717, 1.165) is 38.1 Å². The lowest BCUT2D eigenvalue weighted by molar-refractivity contribution is -0.142. The van der Waals surface area contributed by atoms with Crippen LogP contribution < -0.4 is 5.32 Å². The van der Waals surface area contributed by atoms with Crippen molar-refractivity contribution < 1.29 is 14.3 Å². The number of nitrogens with one attached hydrogen (secondary N) is 1. The number of esters is 1. The Kier molecular flexibility index (Phi) is 4.26. The van der Waals surface area contributed by atoms with Crippen molar-refractivity contribution in [2.24, 2.45) is 5.92 Å². The van der Waals surface area contributed by atoms with E-state index in [1.807, 2.05) is 17.8 Å². The van der Waals surface area contributed by atoms with Gasteiger partial charge in [0.25, 0.3) is 0 Å². The molecule has 2 fully saturated rings. The van der Waals surface area contributed by atoms with Crippen molar-refractivity contribution in [2.45, 2.75) is 51.5 Å². The average molecular weight is 293 g/mol. The van der Waals surface area contributed by atoms with Crippen molar-refractivity contribution in [1.29, 1.82) is 0 Å². The summed E-state index contributed by atoms with van der Waals surface area (Å²) in [6, 6.07) is -0.167. The lowest BCUT2D eigenvalue weighted by Crippen LogP contribution is -2.37. The number of nitrogens with zero attached hydrogens (tertiary/aromatic N) is 2. The highest BCUT2D eigenvalue weighted by molar-refractivity contribution is 5.77. The van der Waals surface area contributed by atoms with Crippen LogP contribution in [0.4, 0.5) is 0 Å². The van der Waals surface area contributed by atoms with Crippen molar-refractivity contribution in [3.05, 3.63) is 18.0 Å². The third-order valence-electron chi connectivity index (χ3n) is 4.32. The number of ether oxygens (including phenoxy) is 2. The number of hydrogen-bond donors (Lipinski definition) is 1. The minimum Gasteiger partial charge on any atom is -0.461 e. The Morgan fingerprint density at radius 2 is 2.38 bits per heavy atom. The van der Waals surface area contributed by atoms with Crippen LogP contribution in [0.5, 0.6) is 0 Å². The molecule has 6 nitrogen and oxygen atoms in total. The van der Waals surface area contributed by atoms with E-state index in [2.05, 4.69) is 23.5 Å². The maximum atomic E-state index is 11.7. The molecule has 21 heavy (non-hydrogen) atoms. The van der Waals surface area contributed by atoms with Gasteiger partial charge in [-0.2, -0.15) is 5.10 Å². The molecule has 0 saturated carbocycles. The monoisotopic (exact) mass is 293 g/mol. The van der Waals surface area contributed by atoms with E-state index in [9.17, 15) is 4.79 Å². The molecule has 0 aliphatic carbocycles. The molecule has 1 aromatic rings. The second-order valence-corrected chi connectivity index (χ2v) is 5.91. The zero-order chi connectivity index (χ0) is 14.8. The van der Waals surface area contributed by atoms with Crippen LogP contribution in [-0.4, -0.2) is 41.0 Å². The molecular weight excluding hydrogens is 270 g/mol. The number of aryl methyl sites for hydroxylation is 1. The first kappa shape index (κ1) is 14.5. The second kappa shape index (κ2) is 6.15. The fraction of sp³-hybridized carbons (Fsp3) is 0.733. The molecule has 2 aliphatic heterocycles. The molecule has 0 aromatic carbocycles. The third-order valence-corrected chi connectivity index (χ3v) is 4.32. The first-order valence-corrected chi connectivity index (χ1v) is 7.75. The van der Waals surface area contributed by atoms with E-state index >= 15 is 0 Å². The summed E-state index contributed by atoms with van der Waals surface area (Å²) in [7, 11) is 0. The van der Waals surface area contributed by atoms with E-state index in [-0.39, 0.29) is 24.2 Å². The Bertz CT molecular complexity index is 502. The third kappa shape index (κ3) is 3.11. The minimum atomic E-state index is -0.167. The van der Waals surface area contributed by atoms with Gasteiger partial charge in [-0.3, -0.25) is 9.48 Å². The summed E-state index contributed by atoms with van der Waals surface area (Å²) in [6.07, 6.45) is 5.80. The molecule has 0 radical (unpaired) electrons. The van der Waals surface area contributed by atoms with Gasteiger partial charge < -0.3 is 14.8 Å². The van der Waals surface area contributed by atoms with Gasteiger partial charge in [0.05, 0.1) is 12.3 Å². The fourth-order valence-corrected chi connectivity index (χ4v) is 3.13. The molecule has 0 bridgehead atoms. The van der Waals surface area contributed by atoms with Crippen molar-refractivity contribution in [2.75, 3.05) is 13.2 Å². The smallest absolute Gasteiger partial charge is 0.323 e. The Hall–Kier alpha value is -1.40. The molecular formula is C15H23N3O3. The predicted molar refractivity (Wildman–Crippen MR) is 76.7 cm³/mol. The number of carbonyl (C=O) groups excluding carboxylic acids is 1. The molecule has 0 spiro atoms. The zero-order valence-electron chi connectivity index (χ0n) is 12.6. The topological polar surface area (TPSA) is 65.4 Å². The van der Waals surface area contributed by atoms with Gasteiger partial charge >= 0.3 is 5.97 Å². The first-order valence-electron chi connectivity index (χ1n) is 7.75. The summed E-state index contributed by atoms with van der Waals surface area (Å²) < 4.78 is 12.9. The summed E-state index contributed by atoms with van der Waals surface area (Å²) in [5, 5.41) is 7.66. The highest BCUT2D eigenvalue weighted by Gasteiger charge is 2.35. The van der Waals surface area contributed by atoms with Gasteiger partial charge in [0.2, 0.25) is 0 Å². The Morgan fingerprint density at radius 3 is 3.05 bits per heavy atom. The van der Waals surface area contributed by atoms with Crippen LogP contribution in [0.1, 0.15) is 38.4 Å². The van der Waals surface area contributed by atoms with Gasteiger partial charge in [0.1, 0.15) is 12.1 Å². The molecule has 2 aliphatic rings. The SMILES string of the molecule is CCn1cc(C2OCCC2CNC2CC(C)OC2=O)cn1. The Morgan fingerprint density at radius 1 is 1.52 bits per heavy atom. The van der Waals surface area contributed by atoms with Crippen LogP contribution in [0.2, 0.25) is 0 Å². The van der Waals surface area contributed by atoms with Crippen LogP contribution in [0.15, 0.2) is 12.4 Å². The second-order valence-electron chi connectivity index (χ2n) is 5.91. The van der Waals surface area contributed by atoms with E-state index < -0.39 is 0 Å². The van der Waals surface area contributed by atoms with Crippen LogP contribution in [0, 0.1) is 5.92 Å². The highest BCUT2D eigenvalue weighted by atomic mass is 16.6. The number of carbonyl (C=O) groups is 1. The van der Waals surface area contributed by atoms with Crippen molar-refractivity contribution in [3.8, 4) is 0 Å². The molecule has 0 amide bonds. The molecule has 116 valence electrons. The first-order chi connectivity index (χ1) is 10.2. The quantitative estimate of drug-likeness (QED) is 0.828. The van der Waals surface area contributed by atoms with E-state index in [0.29, 0.717) is 5.92 Å². The number of hydrogen-bond acceptors (Lipinski definition) is 5. The molecule has 3 rings (SSSR count). The van der Waals surface area contributed by atoms with Gasteiger partial charge in [0.15, 0.2) is 0 Å². The Balaban J connectivity index is 1.58. The van der Waals surface area contributed by atoms with Crippen molar-refractivity contribution in [3.63, 3.8) is 0 Å². The molecule has 1 aromatic heterocycles. The van der Waals surface area contributed by atoms with Crippen LogP contribution in [0.3, 0.4) is 0 Å². The summed E-state index contributed by atoms with van der Waals surface area (Å²) in [5.74, 6) is 0.250. The van der Waals surface area contributed by atoms with Crippen LogP contribution in [0.25, 0.3) is 0 Å². The lowest BCUT2D eigenvalue weighted by atomic mass is 9.97. The zero-order valence-corrected chi connectivity index (χ0v) is 12.6. The fourth-order valence-electron chi connectivity index (χ4n) is 3.13. The predicted octanol–water partition coefficient (Wildman–Crippen LogP) is 1.27. The van der Waals surface area contributed by atoms with Crippen LogP contribution >= 0.6 is 0 Å². The lowest BCUT2D eigenvalue weighted by Gasteiger charge is -2.19. The summed E-state index contributed by atoms with van der Waals surface area (Å²) in [6.45, 7) is 6.40. The standard InChI is InChI=1S/C15H23N3O3/c1-3-18-9-12(8-17-18)14-11(4-5-20-14)7-16-13-6-10(2)21-15(13)19/h8-11,13-14,16H,3-7H2,1-2H3. The molecule has 4 atom stereocenters. The van der Waals surface area contributed by atoms with E-state index in [4.69, 9.17) is 9.47 Å². The summed E-state index contributed by atoms with van der Waals surface area (Å²) >= 11 is 0. The maximum absolute atomic E-state index is 11.7. The molecule has 3 heterocycles. The average Bonchev–Trinajstić information content (AvgIpc) is 3.15. The van der Waals surface area contributed by atoms with Gasteiger partial charge in [0, 0.05) is 43.8 Å². The number of cyclic esters (lactones) is 1. The largest absolute Gasteiger partial charge is 0.461 e. The van der Waals surface area contributed by atoms with Gasteiger partial charge in [-0.15, -0.1) is 0 Å². The minimum absolute atomic E-state index is 0.0217. The number of aromatic nitrogens is 2. The molecule has 2 saturated heterocycles. The van der Waals surface area contributed by atoms with Gasteiger partial charge in [-0.05, 0) is 20.3 Å². The molecule has 1 N–H and O–H groups in total. The van der Waals surface area contributed by atoms with Crippen molar-refractivity contribution >= 4 is 5.97 Å². The van der Waals surface area contributed by atoms with Gasteiger partial charge in [-0.1, -0.05) is 0 Å². The van der Waals surface area contributed by atoms with E-state index in [1.54, 1.807) is 0 Å². The highest BCUT2D eigenvalue weighted by Crippen LogP contribution is 2.34. The van der Waals surface area contributed by atoms with Crippen LogP contribution in [-0.2, 0) is 20.8 Å². The normalized spacial score (nSPS) is 32.6. The maximum Gasteiger partial charge on any atom is 0.323 e. The molecule has 4 unspecified atom stereocenters. The van der Waals surface area contributed by atoms with Gasteiger partial charge in [-0.25, -0.2) is 0 Å².